The van der Waals surface area contributed by atoms with E-state index < -0.39 is 10.0 Å². The summed E-state index contributed by atoms with van der Waals surface area (Å²) in [6.45, 7) is 1.24. The van der Waals surface area contributed by atoms with Gasteiger partial charge in [-0.15, -0.1) is 0 Å². The van der Waals surface area contributed by atoms with Gasteiger partial charge >= 0.3 is 0 Å². The lowest BCUT2D eigenvalue weighted by Crippen LogP contribution is -2.27. The molecule has 1 aromatic carbocycles. The van der Waals surface area contributed by atoms with Gasteiger partial charge < -0.3 is 10.1 Å². The molecule has 0 saturated heterocycles. The minimum atomic E-state index is -3.27. The molecule has 1 rings (SSSR count). The van der Waals surface area contributed by atoms with Crippen molar-refractivity contribution in [2.45, 2.75) is 12.2 Å². The van der Waals surface area contributed by atoms with Crippen molar-refractivity contribution in [1.29, 1.82) is 0 Å². The zero-order valence-electron chi connectivity index (χ0n) is 10.8. The van der Waals surface area contributed by atoms with Gasteiger partial charge in [0.25, 0.3) is 0 Å². The molecular formula is C12H20N2O3S. The van der Waals surface area contributed by atoms with Gasteiger partial charge in [-0.05, 0) is 37.7 Å². The molecule has 0 aromatic heterocycles. The van der Waals surface area contributed by atoms with Gasteiger partial charge in [0.15, 0.2) is 0 Å². The average Bonchev–Trinajstić information content (AvgIpc) is 2.34. The SMILES string of the molecule is CNCCCNS(=O)(=O)Cc1cccc(OC)c1. The number of rotatable bonds is 8. The van der Waals surface area contributed by atoms with E-state index in [2.05, 4.69) is 10.0 Å². The molecule has 0 heterocycles. The van der Waals surface area contributed by atoms with Crippen LogP contribution >= 0.6 is 0 Å². The first-order valence-electron chi connectivity index (χ1n) is 5.82. The van der Waals surface area contributed by atoms with Crippen LogP contribution in [0.1, 0.15) is 12.0 Å². The Balaban J connectivity index is 2.53. The first-order chi connectivity index (χ1) is 8.57. The zero-order chi connectivity index (χ0) is 13.4. The molecule has 0 amide bonds. The molecule has 0 aliphatic rings. The van der Waals surface area contributed by atoms with Gasteiger partial charge in [-0.25, -0.2) is 13.1 Å². The lowest BCUT2D eigenvalue weighted by Gasteiger charge is -2.07. The number of sulfonamides is 1. The van der Waals surface area contributed by atoms with Crippen LogP contribution < -0.4 is 14.8 Å². The molecule has 1 aromatic rings. The van der Waals surface area contributed by atoms with Crippen molar-refractivity contribution in [2.24, 2.45) is 0 Å². The fourth-order valence-corrected chi connectivity index (χ4v) is 2.70. The second kappa shape index (κ2) is 7.35. The van der Waals surface area contributed by atoms with Crippen LogP contribution in [0.5, 0.6) is 5.75 Å². The molecule has 0 fully saturated rings. The molecule has 0 aliphatic heterocycles. The van der Waals surface area contributed by atoms with E-state index in [1.807, 2.05) is 7.05 Å². The van der Waals surface area contributed by atoms with E-state index in [-0.39, 0.29) is 5.75 Å². The molecule has 0 atom stereocenters. The van der Waals surface area contributed by atoms with Crippen LogP contribution in [0.25, 0.3) is 0 Å². The topological polar surface area (TPSA) is 67.4 Å². The predicted molar refractivity (Wildman–Crippen MR) is 72.2 cm³/mol. The van der Waals surface area contributed by atoms with E-state index in [4.69, 9.17) is 4.74 Å². The predicted octanol–water partition coefficient (Wildman–Crippen LogP) is 0.724. The third kappa shape index (κ3) is 5.48. The van der Waals surface area contributed by atoms with Gasteiger partial charge in [0.1, 0.15) is 5.75 Å². The van der Waals surface area contributed by atoms with Crippen LogP contribution in [0.2, 0.25) is 0 Å². The Hall–Kier alpha value is -1.11. The van der Waals surface area contributed by atoms with Crippen LogP contribution in [-0.4, -0.2) is 35.7 Å². The zero-order valence-corrected chi connectivity index (χ0v) is 11.6. The van der Waals surface area contributed by atoms with E-state index in [9.17, 15) is 8.42 Å². The Morgan fingerprint density at radius 3 is 2.72 bits per heavy atom. The highest BCUT2D eigenvalue weighted by Gasteiger charge is 2.11. The van der Waals surface area contributed by atoms with Gasteiger partial charge in [-0.1, -0.05) is 12.1 Å². The molecule has 18 heavy (non-hydrogen) atoms. The van der Waals surface area contributed by atoms with Crippen LogP contribution in [0.15, 0.2) is 24.3 Å². The Bertz CT molecular complexity index is 460. The second-order valence-corrected chi connectivity index (χ2v) is 5.77. The van der Waals surface area contributed by atoms with Gasteiger partial charge in [-0.2, -0.15) is 0 Å². The lowest BCUT2D eigenvalue weighted by molar-refractivity contribution is 0.414. The quantitative estimate of drug-likeness (QED) is 0.684. The van der Waals surface area contributed by atoms with Crippen LogP contribution in [0.4, 0.5) is 0 Å². The highest BCUT2D eigenvalue weighted by molar-refractivity contribution is 7.88. The third-order valence-corrected chi connectivity index (χ3v) is 3.77. The number of hydrogen-bond donors (Lipinski definition) is 2. The number of benzene rings is 1. The molecule has 102 valence electrons. The lowest BCUT2D eigenvalue weighted by atomic mass is 10.2. The number of methoxy groups -OCH3 is 1. The Morgan fingerprint density at radius 2 is 2.06 bits per heavy atom. The normalized spacial score (nSPS) is 11.4. The molecule has 6 heteroatoms. The van der Waals surface area contributed by atoms with Crippen molar-refractivity contribution in [3.8, 4) is 5.75 Å². The monoisotopic (exact) mass is 272 g/mol. The summed E-state index contributed by atoms with van der Waals surface area (Å²) >= 11 is 0. The molecule has 0 spiro atoms. The standard InChI is InChI=1S/C12H20N2O3S/c1-13-7-4-8-14-18(15,16)10-11-5-3-6-12(9-11)17-2/h3,5-6,9,13-14H,4,7-8,10H2,1-2H3. The molecule has 0 bridgehead atoms. The smallest absolute Gasteiger partial charge is 0.215 e. The van der Waals surface area contributed by atoms with Crippen molar-refractivity contribution in [1.82, 2.24) is 10.0 Å². The minimum Gasteiger partial charge on any atom is -0.497 e. The van der Waals surface area contributed by atoms with Crippen molar-refractivity contribution in [3.05, 3.63) is 29.8 Å². The first-order valence-corrected chi connectivity index (χ1v) is 7.47. The Labute approximate surface area is 109 Å². The Kier molecular flexibility index (Phi) is 6.11. The van der Waals surface area contributed by atoms with Crippen LogP contribution in [-0.2, 0) is 15.8 Å². The maximum Gasteiger partial charge on any atom is 0.215 e. The van der Waals surface area contributed by atoms with Crippen molar-refractivity contribution in [3.63, 3.8) is 0 Å². The van der Waals surface area contributed by atoms with Gasteiger partial charge in [0.05, 0.1) is 12.9 Å². The van der Waals surface area contributed by atoms with Crippen LogP contribution in [0, 0.1) is 0 Å². The van der Waals surface area contributed by atoms with E-state index in [0.717, 1.165) is 18.5 Å². The highest BCUT2D eigenvalue weighted by atomic mass is 32.2. The van der Waals surface area contributed by atoms with E-state index >= 15 is 0 Å². The summed E-state index contributed by atoms with van der Waals surface area (Å²) in [6, 6.07) is 7.07. The fourth-order valence-electron chi connectivity index (χ4n) is 1.53. The highest BCUT2D eigenvalue weighted by Crippen LogP contribution is 2.14. The maximum absolute atomic E-state index is 11.8. The summed E-state index contributed by atoms with van der Waals surface area (Å²) in [5, 5.41) is 2.97. The molecular weight excluding hydrogens is 252 g/mol. The van der Waals surface area contributed by atoms with Crippen molar-refractivity contribution < 1.29 is 13.2 Å². The van der Waals surface area contributed by atoms with E-state index in [1.165, 1.54) is 0 Å². The van der Waals surface area contributed by atoms with Gasteiger partial charge in [0, 0.05) is 6.54 Å². The number of nitrogens with one attached hydrogen (secondary N) is 2. The third-order valence-electron chi connectivity index (χ3n) is 2.42. The molecule has 0 aliphatic carbocycles. The second-order valence-electron chi connectivity index (χ2n) is 3.96. The molecule has 2 N–H and O–H groups in total. The maximum atomic E-state index is 11.8. The summed E-state index contributed by atoms with van der Waals surface area (Å²) in [5.74, 6) is 0.641. The summed E-state index contributed by atoms with van der Waals surface area (Å²) < 4.78 is 31.2. The minimum absolute atomic E-state index is 0.0241. The average molecular weight is 272 g/mol. The van der Waals surface area contributed by atoms with Crippen LogP contribution in [0.3, 0.4) is 0 Å². The number of ether oxygens (including phenoxy) is 1. The molecule has 0 radical (unpaired) electrons. The summed E-state index contributed by atoms with van der Waals surface area (Å²) in [6.07, 6.45) is 0.772. The first kappa shape index (κ1) is 14.9. The molecule has 0 unspecified atom stereocenters. The van der Waals surface area contributed by atoms with Gasteiger partial charge in [-0.3, -0.25) is 0 Å². The van der Waals surface area contributed by atoms with E-state index in [1.54, 1.807) is 31.4 Å². The number of hydrogen-bond acceptors (Lipinski definition) is 4. The largest absolute Gasteiger partial charge is 0.497 e. The molecule has 5 nitrogen and oxygen atoms in total. The van der Waals surface area contributed by atoms with Crippen molar-refractivity contribution >= 4 is 10.0 Å². The summed E-state index contributed by atoms with van der Waals surface area (Å²) in [5.41, 5.74) is 0.718. The summed E-state index contributed by atoms with van der Waals surface area (Å²) in [7, 11) is 0.124. The van der Waals surface area contributed by atoms with E-state index in [0.29, 0.717) is 12.3 Å². The molecule has 0 saturated carbocycles. The van der Waals surface area contributed by atoms with Crippen molar-refractivity contribution in [2.75, 3.05) is 27.2 Å². The fraction of sp³-hybridized carbons (Fsp3) is 0.500. The Morgan fingerprint density at radius 1 is 1.28 bits per heavy atom. The summed E-state index contributed by atoms with van der Waals surface area (Å²) in [4.78, 5) is 0. The van der Waals surface area contributed by atoms with Gasteiger partial charge in [0.2, 0.25) is 10.0 Å².